The zero-order valence-corrected chi connectivity index (χ0v) is 22.8. The highest BCUT2D eigenvalue weighted by Crippen LogP contribution is 2.17. The predicted molar refractivity (Wildman–Crippen MR) is 144 cm³/mol. The van der Waals surface area contributed by atoms with Gasteiger partial charge < -0.3 is 25.0 Å². The zero-order valence-electron chi connectivity index (χ0n) is 22.8. The third kappa shape index (κ3) is 8.11. The topological polar surface area (TPSA) is 147 Å². The monoisotopic (exact) mass is 538 g/mol. The quantitative estimate of drug-likeness (QED) is 0.401. The predicted octanol–water partition coefficient (Wildman–Crippen LogP) is 1.21. The Morgan fingerprint density at radius 1 is 1.08 bits per heavy atom. The van der Waals surface area contributed by atoms with Crippen molar-refractivity contribution in [2.75, 3.05) is 13.6 Å². The van der Waals surface area contributed by atoms with Crippen molar-refractivity contribution < 1.29 is 33.6 Å². The van der Waals surface area contributed by atoms with Gasteiger partial charge in [0, 0.05) is 5.56 Å². The first-order valence-corrected chi connectivity index (χ1v) is 12.9. The van der Waals surface area contributed by atoms with Gasteiger partial charge in [0.15, 0.2) is 0 Å². The maximum Gasteiger partial charge on any atom is 0.622 e. The third-order valence-corrected chi connectivity index (χ3v) is 6.34. The third-order valence-electron chi connectivity index (χ3n) is 6.34. The van der Waals surface area contributed by atoms with Crippen LogP contribution in [0.2, 0.25) is 0 Å². The van der Waals surface area contributed by atoms with E-state index in [-0.39, 0.29) is 18.2 Å². The van der Waals surface area contributed by atoms with E-state index in [1.54, 1.807) is 26.1 Å². The van der Waals surface area contributed by atoms with E-state index in [0.29, 0.717) is 12.1 Å². The summed E-state index contributed by atoms with van der Waals surface area (Å²) in [7, 11) is 0.225. The Bertz CT molecular complexity index is 1180. The summed E-state index contributed by atoms with van der Waals surface area (Å²) < 4.78 is 10.8. The van der Waals surface area contributed by atoms with Gasteiger partial charge in [-0.05, 0) is 45.4 Å². The Morgan fingerprint density at radius 3 is 2.41 bits per heavy atom. The molecule has 1 aliphatic rings. The van der Waals surface area contributed by atoms with Crippen LogP contribution in [-0.4, -0.2) is 83.6 Å². The normalized spacial score (nSPS) is 18.7. The smallest absolute Gasteiger partial charge is 0.497 e. The van der Waals surface area contributed by atoms with Crippen molar-refractivity contribution in [3.8, 4) is 11.3 Å². The van der Waals surface area contributed by atoms with E-state index in [1.165, 1.54) is 17.9 Å². The van der Waals surface area contributed by atoms with Gasteiger partial charge in [-0.2, -0.15) is 0 Å². The summed E-state index contributed by atoms with van der Waals surface area (Å²) in [6.07, 6.45) is -0.982. The summed E-state index contributed by atoms with van der Waals surface area (Å²) in [4.78, 5) is 57.2. The van der Waals surface area contributed by atoms with Crippen molar-refractivity contribution in [2.45, 2.75) is 58.2 Å². The van der Waals surface area contributed by atoms with Crippen LogP contribution in [0.5, 0.6) is 0 Å². The van der Waals surface area contributed by atoms with Crippen LogP contribution < -0.4 is 10.6 Å². The summed E-state index contributed by atoms with van der Waals surface area (Å²) >= 11 is 0. The maximum absolute atomic E-state index is 13.3. The van der Waals surface area contributed by atoms with Gasteiger partial charge in [0.05, 0.1) is 24.3 Å². The first-order valence-electron chi connectivity index (χ1n) is 12.9. The molecule has 1 aromatic heterocycles. The number of nitrogens with one attached hydrogen (secondary N) is 2. The minimum atomic E-state index is -1.37. The molecule has 1 aromatic carbocycles. The van der Waals surface area contributed by atoms with Gasteiger partial charge in [-0.1, -0.05) is 50.2 Å². The molecule has 12 heteroatoms. The van der Waals surface area contributed by atoms with Gasteiger partial charge in [0.2, 0.25) is 5.91 Å². The second-order valence-electron chi connectivity index (χ2n) is 10.1. The molecule has 1 unspecified atom stereocenters. The fraction of sp³-hybridized carbons (Fsp3) is 0.444. The molecule has 0 spiro atoms. The molecular weight excluding hydrogens is 503 g/mol. The molecule has 4 atom stereocenters. The Morgan fingerprint density at radius 2 is 1.77 bits per heavy atom. The Labute approximate surface area is 228 Å². The van der Waals surface area contributed by atoms with Crippen molar-refractivity contribution in [3.05, 3.63) is 54.2 Å². The molecule has 2 heterocycles. The number of nitrogens with zero attached hydrogens (tertiary/aromatic N) is 2. The van der Waals surface area contributed by atoms with Crippen molar-refractivity contribution in [2.24, 2.45) is 5.92 Å². The summed E-state index contributed by atoms with van der Waals surface area (Å²) in [5, 5.41) is 15.6. The minimum Gasteiger partial charge on any atom is -0.497 e. The van der Waals surface area contributed by atoms with Crippen LogP contribution in [0.25, 0.3) is 11.3 Å². The largest absolute Gasteiger partial charge is 0.622 e. The van der Waals surface area contributed by atoms with Gasteiger partial charge in [-0.3, -0.25) is 24.1 Å². The highest BCUT2D eigenvalue weighted by atomic mass is 16.6. The molecule has 2 aromatic rings. The van der Waals surface area contributed by atoms with Gasteiger partial charge >= 0.3 is 19.1 Å². The average Bonchev–Trinajstić information content (AvgIpc) is 2.89. The van der Waals surface area contributed by atoms with Crippen LogP contribution >= 0.6 is 0 Å². The molecule has 1 fully saturated rings. The standard InChI is InChI=1S/C27H35BN4O7/c1-16(2)14-22(28-38-23(34)15-32(5)17(3)27(37)39-28)30-26(36)24(18(4)33)31-25(35)21-13-9-12-20(29-21)19-10-7-6-8-11-19/h6-13,16-18,22,24,33H,14-15H2,1-5H3,(H,30,36)(H,31,35)/t17?,18-,22+,24+/m1/s1. The molecule has 1 aliphatic heterocycles. The van der Waals surface area contributed by atoms with E-state index < -0.39 is 55.0 Å². The number of hydrogen-bond acceptors (Lipinski definition) is 9. The fourth-order valence-corrected chi connectivity index (χ4v) is 4.06. The van der Waals surface area contributed by atoms with E-state index in [1.807, 2.05) is 44.2 Å². The zero-order chi connectivity index (χ0) is 28.7. The summed E-state index contributed by atoms with van der Waals surface area (Å²) in [5.41, 5.74) is 1.46. The lowest BCUT2D eigenvalue weighted by atomic mass is 9.73. The average molecular weight is 538 g/mol. The number of aromatic nitrogens is 1. The first-order chi connectivity index (χ1) is 18.5. The lowest BCUT2D eigenvalue weighted by Crippen LogP contribution is -2.60. The number of aliphatic hydroxyl groups excluding tert-OH is 1. The molecule has 208 valence electrons. The van der Waals surface area contributed by atoms with Gasteiger partial charge in [-0.15, -0.1) is 0 Å². The molecule has 0 bridgehead atoms. The molecule has 3 rings (SSSR count). The number of aliphatic hydroxyl groups is 1. The Hall–Kier alpha value is -3.77. The number of carbonyl (C=O) groups excluding carboxylic acids is 4. The van der Waals surface area contributed by atoms with E-state index in [9.17, 15) is 24.3 Å². The lowest BCUT2D eigenvalue weighted by molar-refractivity contribution is -0.150. The number of amides is 2. The molecule has 0 radical (unpaired) electrons. The van der Waals surface area contributed by atoms with E-state index in [0.717, 1.165) is 5.56 Å². The highest BCUT2D eigenvalue weighted by Gasteiger charge is 2.43. The van der Waals surface area contributed by atoms with Crippen molar-refractivity contribution in [1.82, 2.24) is 20.5 Å². The number of benzene rings is 1. The summed E-state index contributed by atoms with van der Waals surface area (Å²) in [6.45, 7) is 6.62. The maximum atomic E-state index is 13.3. The molecule has 11 nitrogen and oxygen atoms in total. The lowest BCUT2D eigenvalue weighted by Gasteiger charge is -2.32. The van der Waals surface area contributed by atoms with E-state index in [2.05, 4.69) is 15.6 Å². The van der Waals surface area contributed by atoms with Crippen molar-refractivity contribution >= 4 is 30.9 Å². The van der Waals surface area contributed by atoms with Crippen molar-refractivity contribution in [1.29, 1.82) is 0 Å². The highest BCUT2D eigenvalue weighted by molar-refractivity contribution is 6.51. The number of carbonyl (C=O) groups is 4. The molecule has 2 amide bonds. The second kappa shape index (κ2) is 13.3. The van der Waals surface area contributed by atoms with Gasteiger partial charge in [0.25, 0.3) is 5.91 Å². The summed E-state index contributed by atoms with van der Waals surface area (Å²) in [5.74, 6) is -3.52. The Kier molecular flexibility index (Phi) is 10.2. The molecule has 1 saturated heterocycles. The molecule has 0 aliphatic carbocycles. The molecular formula is C27H35BN4O7. The van der Waals surface area contributed by atoms with Gasteiger partial charge in [-0.25, -0.2) is 4.98 Å². The number of pyridine rings is 1. The minimum absolute atomic E-state index is 0.0164. The van der Waals surface area contributed by atoms with Crippen LogP contribution in [0.4, 0.5) is 0 Å². The van der Waals surface area contributed by atoms with E-state index >= 15 is 0 Å². The van der Waals surface area contributed by atoms with Crippen LogP contribution in [0.3, 0.4) is 0 Å². The molecule has 3 N–H and O–H groups in total. The fourth-order valence-electron chi connectivity index (χ4n) is 4.06. The SMILES string of the molecule is CC(C)C[C@H](NC(=O)[C@@H](NC(=O)c1cccc(-c2ccccc2)n1)[C@@H](C)O)B1OC(=O)CN(C)C(C)C(=O)O1. The molecule has 0 saturated carbocycles. The van der Waals surface area contributed by atoms with Gasteiger partial charge in [0.1, 0.15) is 17.8 Å². The summed E-state index contributed by atoms with van der Waals surface area (Å²) in [6, 6.07) is 12.2. The number of rotatable bonds is 9. The van der Waals surface area contributed by atoms with Crippen LogP contribution in [0, 0.1) is 5.92 Å². The first kappa shape index (κ1) is 29.8. The van der Waals surface area contributed by atoms with Crippen LogP contribution in [-0.2, 0) is 23.7 Å². The number of hydrogen-bond donors (Lipinski definition) is 3. The second-order valence-corrected chi connectivity index (χ2v) is 10.1. The van der Waals surface area contributed by atoms with Crippen molar-refractivity contribution in [3.63, 3.8) is 0 Å². The number of likely N-dealkylation sites (N-methyl/N-ethyl adjacent to an activating group) is 1. The van der Waals surface area contributed by atoms with Crippen LogP contribution in [0.1, 0.15) is 44.6 Å². The Balaban J connectivity index is 1.78. The van der Waals surface area contributed by atoms with E-state index in [4.69, 9.17) is 9.31 Å². The molecule has 39 heavy (non-hydrogen) atoms. The van der Waals surface area contributed by atoms with Crippen LogP contribution in [0.15, 0.2) is 48.5 Å².